The lowest BCUT2D eigenvalue weighted by Gasteiger charge is -2.23. The van der Waals surface area contributed by atoms with Crippen LogP contribution in [0.1, 0.15) is 44.6 Å². The summed E-state index contributed by atoms with van der Waals surface area (Å²) in [4.78, 5) is 0. The normalized spacial score (nSPS) is 39.0. The van der Waals surface area contributed by atoms with Crippen LogP contribution in [0.3, 0.4) is 0 Å². The third kappa shape index (κ3) is 2.02. The largest absolute Gasteiger partial charge is 0.313 e. The molecule has 0 heterocycles. The minimum Gasteiger partial charge on any atom is -0.313 e. The van der Waals surface area contributed by atoms with Gasteiger partial charge in [0.2, 0.25) is 0 Å². The fourth-order valence-electron chi connectivity index (χ4n) is 5.30. The average molecular weight is 269 g/mol. The Balaban J connectivity index is 1.39. The average Bonchev–Trinajstić information content (AvgIpc) is 2.85. The Labute approximate surface area is 123 Å². The number of hydrogen-bond donors (Lipinski definition) is 1. The zero-order chi connectivity index (χ0) is 13.7. The van der Waals surface area contributed by atoms with Gasteiger partial charge in [-0.2, -0.15) is 0 Å². The molecule has 0 aromatic heterocycles. The van der Waals surface area contributed by atoms with Crippen molar-refractivity contribution in [1.29, 1.82) is 0 Å². The molecule has 20 heavy (non-hydrogen) atoms. The van der Waals surface area contributed by atoms with E-state index in [-0.39, 0.29) is 0 Å². The summed E-state index contributed by atoms with van der Waals surface area (Å²) in [5.41, 5.74) is 1.50. The number of nitrogens with one attached hydrogen (secondary N) is 1. The van der Waals surface area contributed by atoms with Gasteiger partial charge in [0.1, 0.15) is 0 Å². The van der Waals surface area contributed by atoms with Crippen LogP contribution in [0.2, 0.25) is 0 Å². The Morgan fingerprint density at radius 1 is 1.05 bits per heavy atom. The van der Waals surface area contributed by atoms with Crippen molar-refractivity contribution >= 4 is 0 Å². The van der Waals surface area contributed by atoms with E-state index >= 15 is 0 Å². The van der Waals surface area contributed by atoms with E-state index in [9.17, 15) is 0 Å². The maximum atomic E-state index is 3.94. The van der Waals surface area contributed by atoms with Gasteiger partial charge in [0.15, 0.2) is 0 Å². The molecule has 3 aliphatic rings. The van der Waals surface area contributed by atoms with E-state index in [0.717, 1.165) is 29.7 Å². The monoisotopic (exact) mass is 269 g/mol. The van der Waals surface area contributed by atoms with Crippen molar-refractivity contribution in [2.75, 3.05) is 6.54 Å². The molecule has 3 saturated carbocycles. The first-order valence-electron chi connectivity index (χ1n) is 8.54. The molecular weight excluding hydrogens is 242 g/mol. The third-order valence-corrected chi connectivity index (χ3v) is 6.34. The van der Waals surface area contributed by atoms with E-state index in [1.54, 1.807) is 6.42 Å². The Morgan fingerprint density at radius 2 is 1.70 bits per heavy atom. The van der Waals surface area contributed by atoms with Crippen molar-refractivity contribution in [2.45, 2.75) is 45.1 Å². The first-order valence-corrected chi connectivity index (χ1v) is 8.54. The Kier molecular flexibility index (Phi) is 3.14. The lowest BCUT2D eigenvalue weighted by atomic mass is 9.88. The molecule has 1 heteroatoms. The second-order valence-corrected chi connectivity index (χ2v) is 7.68. The second-order valence-electron chi connectivity index (χ2n) is 7.68. The highest BCUT2D eigenvalue weighted by Crippen LogP contribution is 2.65. The fourth-order valence-corrected chi connectivity index (χ4v) is 5.30. The summed E-state index contributed by atoms with van der Waals surface area (Å²) in [6.45, 7) is 5.88. The molecule has 5 atom stereocenters. The SMILES string of the molecule is CC(C)C(CNC1C2C3CCC(C3)C12)c1ccccc1. The van der Waals surface area contributed by atoms with E-state index in [2.05, 4.69) is 49.5 Å². The molecule has 2 bridgehead atoms. The summed E-state index contributed by atoms with van der Waals surface area (Å²) in [5.74, 6) is 5.64. The molecule has 0 aliphatic heterocycles. The van der Waals surface area contributed by atoms with Gasteiger partial charge in [-0.05, 0) is 60.3 Å². The van der Waals surface area contributed by atoms with Gasteiger partial charge in [-0.3, -0.25) is 0 Å². The predicted molar refractivity (Wildman–Crippen MR) is 83.6 cm³/mol. The number of fused-ring (bicyclic) bond motifs is 5. The molecule has 108 valence electrons. The zero-order valence-electron chi connectivity index (χ0n) is 12.8. The van der Waals surface area contributed by atoms with Crippen LogP contribution in [0.5, 0.6) is 0 Å². The lowest BCUT2D eigenvalue weighted by Crippen LogP contribution is -2.29. The van der Waals surface area contributed by atoms with Crippen molar-refractivity contribution in [3.05, 3.63) is 35.9 Å². The lowest BCUT2D eigenvalue weighted by molar-refractivity contribution is 0.414. The van der Waals surface area contributed by atoms with Gasteiger partial charge in [-0.1, -0.05) is 44.2 Å². The fraction of sp³-hybridized carbons (Fsp3) is 0.684. The van der Waals surface area contributed by atoms with Crippen molar-refractivity contribution in [3.8, 4) is 0 Å². The maximum Gasteiger partial charge on any atom is 0.0136 e. The minimum absolute atomic E-state index is 0.662. The van der Waals surface area contributed by atoms with Gasteiger partial charge in [0.25, 0.3) is 0 Å². The van der Waals surface area contributed by atoms with Gasteiger partial charge in [0, 0.05) is 12.6 Å². The van der Waals surface area contributed by atoms with E-state index in [1.165, 1.54) is 24.9 Å². The molecule has 3 fully saturated rings. The molecular formula is C19H27N. The molecule has 0 spiro atoms. The Bertz CT molecular complexity index is 450. The van der Waals surface area contributed by atoms with Crippen LogP contribution < -0.4 is 5.32 Å². The Morgan fingerprint density at radius 3 is 2.30 bits per heavy atom. The van der Waals surface area contributed by atoms with Crippen LogP contribution in [-0.4, -0.2) is 12.6 Å². The van der Waals surface area contributed by atoms with Gasteiger partial charge in [-0.15, -0.1) is 0 Å². The van der Waals surface area contributed by atoms with Crippen LogP contribution >= 0.6 is 0 Å². The molecule has 0 radical (unpaired) electrons. The molecule has 5 unspecified atom stereocenters. The van der Waals surface area contributed by atoms with Crippen molar-refractivity contribution < 1.29 is 0 Å². The number of rotatable bonds is 5. The van der Waals surface area contributed by atoms with Gasteiger partial charge < -0.3 is 5.32 Å². The predicted octanol–water partition coefficient (Wildman–Crippen LogP) is 4.06. The highest BCUT2D eigenvalue weighted by Gasteiger charge is 2.64. The van der Waals surface area contributed by atoms with Crippen molar-refractivity contribution in [2.24, 2.45) is 29.6 Å². The van der Waals surface area contributed by atoms with Crippen molar-refractivity contribution in [1.82, 2.24) is 5.32 Å². The van der Waals surface area contributed by atoms with Gasteiger partial charge >= 0.3 is 0 Å². The summed E-state index contributed by atoms with van der Waals surface area (Å²) in [5, 5.41) is 3.94. The molecule has 4 rings (SSSR count). The van der Waals surface area contributed by atoms with Gasteiger partial charge in [-0.25, -0.2) is 0 Å². The smallest absolute Gasteiger partial charge is 0.0136 e. The van der Waals surface area contributed by atoms with Crippen LogP contribution in [-0.2, 0) is 0 Å². The van der Waals surface area contributed by atoms with E-state index in [4.69, 9.17) is 0 Å². The first kappa shape index (κ1) is 12.9. The summed E-state index contributed by atoms with van der Waals surface area (Å²) in [6, 6.07) is 11.9. The number of benzene rings is 1. The topological polar surface area (TPSA) is 12.0 Å². The Hall–Kier alpha value is -0.820. The van der Waals surface area contributed by atoms with Gasteiger partial charge in [0.05, 0.1) is 0 Å². The molecule has 0 amide bonds. The molecule has 0 saturated heterocycles. The minimum atomic E-state index is 0.662. The molecule has 3 aliphatic carbocycles. The zero-order valence-corrected chi connectivity index (χ0v) is 12.8. The van der Waals surface area contributed by atoms with Crippen LogP contribution in [0.4, 0.5) is 0 Å². The summed E-state index contributed by atoms with van der Waals surface area (Å²) in [6.07, 6.45) is 4.60. The van der Waals surface area contributed by atoms with Crippen LogP contribution in [0, 0.1) is 29.6 Å². The van der Waals surface area contributed by atoms with E-state index in [0.29, 0.717) is 11.8 Å². The van der Waals surface area contributed by atoms with Crippen molar-refractivity contribution in [3.63, 3.8) is 0 Å². The summed E-state index contributed by atoms with van der Waals surface area (Å²) < 4.78 is 0. The third-order valence-electron chi connectivity index (χ3n) is 6.34. The van der Waals surface area contributed by atoms with Crippen LogP contribution in [0.15, 0.2) is 30.3 Å². The van der Waals surface area contributed by atoms with Crippen LogP contribution in [0.25, 0.3) is 0 Å². The maximum absolute atomic E-state index is 3.94. The summed E-state index contributed by atoms with van der Waals surface area (Å²) in [7, 11) is 0. The highest BCUT2D eigenvalue weighted by molar-refractivity contribution is 5.22. The van der Waals surface area contributed by atoms with E-state index in [1.807, 2.05) is 0 Å². The summed E-state index contributed by atoms with van der Waals surface area (Å²) >= 11 is 0. The first-order chi connectivity index (χ1) is 9.75. The second kappa shape index (κ2) is 4.87. The standard InChI is InChI=1S/C19H27N/c1-12(2)16(13-6-4-3-5-7-13)11-20-19-17-14-8-9-15(10-14)18(17)19/h3-7,12,14-20H,8-11H2,1-2H3. The number of hydrogen-bond acceptors (Lipinski definition) is 1. The molecule has 1 aromatic rings. The highest BCUT2D eigenvalue weighted by atomic mass is 15.0. The molecule has 1 nitrogen and oxygen atoms in total. The molecule has 1 N–H and O–H groups in total. The quantitative estimate of drug-likeness (QED) is 0.850. The van der Waals surface area contributed by atoms with E-state index < -0.39 is 0 Å². The molecule has 1 aromatic carbocycles.